The number of nitrogens with zero attached hydrogens (tertiary/aromatic N) is 5. The van der Waals surface area contributed by atoms with Gasteiger partial charge in [0.1, 0.15) is 11.4 Å². The fourth-order valence-electron chi connectivity index (χ4n) is 3.69. The fraction of sp³-hybridized carbons (Fsp3) is 0.762. The van der Waals surface area contributed by atoms with E-state index >= 15 is 0 Å². The van der Waals surface area contributed by atoms with E-state index in [4.69, 9.17) is 17.0 Å². The maximum absolute atomic E-state index is 12.6. The smallest absolute Gasteiger partial charge is 0.410 e. The van der Waals surface area contributed by atoms with Gasteiger partial charge in [-0.3, -0.25) is 4.90 Å². The number of carbonyl (C=O) groups is 1. The van der Waals surface area contributed by atoms with Crippen molar-refractivity contribution in [1.29, 1.82) is 0 Å². The van der Waals surface area contributed by atoms with Crippen LogP contribution in [0.15, 0.2) is 12.7 Å². The van der Waals surface area contributed by atoms with Crippen molar-refractivity contribution in [3.8, 4) is 0 Å². The van der Waals surface area contributed by atoms with Gasteiger partial charge < -0.3 is 14.2 Å². The molecule has 1 fully saturated rings. The Kier molecular flexibility index (Phi) is 8.05. The first-order valence-electron chi connectivity index (χ1n) is 10.5. The largest absolute Gasteiger partial charge is 0.444 e. The number of aromatic nitrogens is 3. The highest BCUT2D eigenvalue weighted by atomic mass is 32.1. The number of piperidine rings is 1. The van der Waals surface area contributed by atoms with E-state index in [0.717, 1.165) is 36.5 Å². The molecular formula is C21H37N5O2S. The lowest BCUT2D eigenvalue weighted by Gasteiger charge is -2.37. The first kappa shape index (κ1) is 23.6. The van der Waals surface area contributed by atoms with Crippen molar-refractivity contribution in [2.24, 2.45) is 5.92 Å². The average Bonchev–Trinajstić information content (AvgIpc) is 2.86. The lowest BCUT2D eigenvalue weighted by Crippen LogP contribution is -2.47. The fourth-order valence-corrected chi connectivity index (χ4v) is 4.00. The van der Waals surface area contributed by atoms with Crippen LogP contribution >= 0.6 is 12.2 Å². The number of hydrogen-bond acceptors (Lipinski definition) is 5. The van der Waals surface area contributed by atoms with Crippen molar-refractivity contribution >= 4 is 18.3 Å². The summed E-state index contributed by atoms with van der Waals surface area (Å²) in [5.41, 5.74) is -0.485. The third kappa shape index (κ3) is 6.67. The van der Waals surface area contributed by atoms with E-state index in [1.807, 2.05) is 61.8 Å². The van der Waals surface area contributed by atoms with Crippen molar-refractivity contribution < 1.29 is 9.53 Å². The van der Waals surface area contributed by atoms with Gasteiger partial charge >= 0.3 is 6.09 Å². The van der Waals surface area contributed by atoms with Crippen LogP contribution in [0.25, 0.3) is 0 Å². The van der Waals surface area contributed by atoms with Crippen LogP contribution in [-0.2, 0) is 18.0 Å². The number of ether oxygens (including phenoxy) is 1. The van der Waals surface area contributed by atoms with Crippen molar-refractivity contribution in [2.45, 2.75) is 79.2 Å². The van der Waals surface area contributed by atoms with Crippen molar-refractivity contribution in [1.82, 2.24) is 24.1 Å². The summed E-state index contributed by atoms with van der Waals surface area (Å²) in [6.45, 7) is 19.5. The molecule has 0 spiro atoms. The average molecular weight is 424 g/mol. The molecule has 1 atom stereocenters. The standard InChI is InChI=1S/C21H37N5O2S/c1-8-11-24-17(4)22-26(19(24)29)15-23-12-9-10-18(13-23)14-25(16(2)3)20(27)28-21(5,6)7/h8,16,18H,1,9-15H2,2-7H3/t18-/m0/s1. The van der Waals surface area contributed by atoms with Crippen LogP contribution in [0, 0.1) is 17.6 Å². The van der Waals surface area contributed by atoms with E-state index in [2.05, 4.69) is 16.6 Å². The van der Waals surface area contributed by atoms with E-state index in [1.165, 1.54) is 0 Å². The Hall–Kier alpha value is -1.67. The molecule has 1 aromatic heterocycles. The molecule has 8 heteroatoms. The summed E-state index contributed by atoms with van der Waals surface area (Å²) in [6.07, 6.45) is 3.82. The first-order chi connectivity index (χ1) is 13.5. The van der Waals surface area contributed by atoms with E-state index in [1.54, 1.807) is 0 Å². The summed E-state index contributed by atoms with van der Waals surface area (Å²) < 4.78 is 10.2. The molecule has 7 nitrogen and oxygen atoms in total. The lowest BCUT2D eigenvalue weighted by atomic mass is 9.97. The highest BCUT2D eigenvalue weighted by Crippen LogP contribution is 2.21. The predicted octanol–water partition coefficient (Wildman–Crippen LogP) is 4.22. The van der Waals surface area contributed by atoms with E-state index < -0.39 is 5.60 Å². The minimum Gasteiger partial charge on any atom is -0.444 e. The molecule has 0 saturated carbocycles. The minimum absolute atomic E-state index is 0.103. The molecule has 0 radical (unpaired) electrons. The minimum atomic E-state index is -0.485. The van der Waals surface area contributed by atoms with Crippen molar-refractivity contribution in [3.63, 3.8) is 0 Å². The van der Waals surface area contributed by atoms with Crippen LogP contribution in [0.2, 0.25) is 0 Å². The number of likely N-dealkylation sites (tertiary alicyclic amines) is 1. The molecule has 0 aliphatic carbocycles. The summed E-state index contributed by atoms with van der Waals surface area (Å²) in [5.74, 6) is 1.31. The molecule has 1 aliphatic heterocycles. The summed E-state index contributed by atoms with van der Waals surface area (Å²) in [5, 5.41) is 4.61. The molecule has 0 N–H and O–H groups in total. The molecular weight excluding hydrogens is 386 g/mol. The highest BCUT2D eigenvalue weighted by Gasteiger charge is 2.29. The van der Waals surface area contributed by atoms with Crippen LogP contribution in [0.4, 0.5) is 4.79 Å². The zero-order chi connectivity index (χ0) is 21.8. The van der Waals surface area contributed by atoms with Gasteiger partial charge in [0.25, 0.3) is 0 Å². The number of hydrogen-bond donors (Lipinski definition) is 0. The van der Waals surface area contributed by atoms with Crippen LogP contribution in [0.1, 0.15) is 53.3 Å². The van der Waals surface area contributed by atoms with Crippen LogP contribution in [0.3, 0.4) is 0 Å². The second-order valence-corrected chi connectivity index (χ2v) is 9.55. The molecule has 0 aromatic carbocycles. The Balaban J connectivity index is 2.03. The van der Waals surface area contributed by atoms with Crippen molar-refractivity contribution in [2.75, 3.05) is 19.6 Å². The topological polar surface area (TPSA) is 55.5 Å². The molecule has 2 rings (SSSR count). The van der Waals surface area contributed by atoms with Gasteiger partial charge in [0.2, 0.25) is 0 Å². The van der Waals surface area contributed by atoms with E-state index in [9.17, 15) is 4.79 Å². The van der Waals surface area contributed by atoms with Gasteiger partial charge in [-0.1, -0.05) is 6.08 Å². The Morgan fingerprint density at radius 1 is 1.45 bits per heavy atom. The maximum Gasteiger partial charge on any atom is 0.410 e. The molecule has 1 aromatic rings. The number of amides is 1. The molecule has 0 unspecified atom stereocenters. The monoisotopic (exact) mass is 423 g/mol. The first-order valence-corrected chi connectivity index (χ1v) is 10.9. The van der Waals surface area contributed by atoms with E-state index in [0.29, 0.717) is 25.7 Å². The molecule has 2 heterocycles. The Labute approximate surface area is 180 Å². The second-order valence-electron chi connectivity index (χ2n) is 9.18. The van der Waals surface area contributed by atoms with Crippen LogP contribution < -0.4 is 0 Å². The quantitative estimate of drug-likeness (QED) is 0.485. The van der Waals surface area contributed by atoms with Gasteiger partial charge in [-0.15, -0.1) is 6.58 Å². The maximum atomic E-state index is 12.6. The third-order valence-corrected chi connectivity index (χ3v) is 5.49. The highest BCUT2D eigenvalue weighted by molar-refractivity contribution is 7.71. The van der Waals surface area contributed by atoms with Gasteiger partial charge in [0.15, 0.2) is 4.77 Å². The van der Waals surface area contributed by atoms with Crippen LogP contribution in [0.5, 0.6) is 0 Å². The van der Waals surface area contributed by atoms with Crippen molar-refractivity contribution in [3.05, 3.63) is 23.3 Å². The van der Waals surface area contributed by atoms with Crippen LogP contribution in [-0.4, -0.2) is 61.5 Å². The normalized spacial score (nSPS) is 18.1. The Bertz CT molecular complexity index is 762. The summed E-state index contributed by atoms with van der Waals surface area (Å²) >= 11 is 5.58. The molecule has 1 aliphatic rings. The lowest BCUT2D eigenvalue weighted by molar-refractivity contribution is 0.0108. The van der Waals surface area contributed by atoms with Gasteiger partial charge in [0.05, 0.1) is 6.67 Å². The van der Waals surface area contributed by atoms with Gasteiger partial charge in [-0.05, 0) is 79.1 Å². The zero-order valence-electron chi connectivity index (χ0n) is 18.8. The number of rotatable bonds is 7. The zero-order valence-corrected chi connectivity index (χ0v) is 19.7. The summed E-state index contributed by atoms with van der Waals surface area (Å²) in [7, 11) is 0. The molecule has 1 saturated heterocycles. The Morgan fingerprint density at radius 3 is 2.72 bits per heavy atom. The predicted molar refractivity (Wildman–Crippen MR) is 118 cm³/mol. The third-order valence-electron chi connectivity index (χ3n) is 5.06. The summed E-state index contributed by atoms with van der Waals surface area (Å²) in [6, 6.07) is 0.103. The molecule has 0 bridgehead atoms. The van der Waals surface area contributed by atoms with Gasteiger partial charge in [-0.2, -0.15) is 5.10 Å². The molecule has 164 valence electrons. The summed E-state index contributed by atoms with van der Waals surface area (Å²) in [4.78, 5) is 16.9. The number of carbonyl (C=O) groups excluding carboxylic acids is 1. The SMILES string of the molecule is C=CCn1c(C)nn(CN2CCC[C@H](CN(C(=O)OC(C)(C)C)C(C)C)C2)c1=S. The number of aryl methyl sites for hydroxylation is 1. The van der Waals surface area contributed by atoms with E-state index in [-0.39, 0.29) is 12.1 Å². The van der Waals surface area contributed by atoms with Gasteiger partial charge in [-0.25, -0.2) is 9.48 Å². The number of allylic oxidation sites excluding steroid dienone is 1. The second kappa shape index (κ2) is 9.89. The Morgan fingerprint density at radius 2 is 2.14 bits per heavy atom. The molecule has 1 amide bonds. The molecule has 29 heavy (non-hydrogen) atoms. The van der Waals surface area contributed by atoms with Gasteiger partial charge in [0, 0.05) is 25.7 Å².